The van der Waals surface area contributed by atoms with Crippen LogP contribution in [-0.4, -0.2) is 11.5 Å². The highest BCUT2D eigenvalue weighted by Gasteiger charge is 2.04. The normalized spacial score (nSPS) is 9.92. The van der Waals surface area contributed by atoms with Crippen LogP contribution >= 0.6 is 11.5 Å². The van der Waals surface area contributed by atoms with Crippen molar-refractivity contribution in [2.75, 3.05) is 7.11 Å². The van der Waals surface area contributed by atoms with E-state index in [4.69, 9.17) is 4.74 Å². The van der Waals surface area contributed by atoms with Crippen molar-refractivity contribution in [1.82, 2.24) is 4.37 Å². The second kappa shape index (κ2) is 3.58. The summed E-state index contributed by atoms with van der Waals surface area (Å²) in [7, 11) is 1.68. The number of benzene rings is 1. The average Bonchev–Trinajstić information content (AvgIpc) is 2.70. The Hall–Kier alpha value is -1.35. The van der Waals surface area contributed by atoms with Gasteiger partial charge in [0.25, 0.3) is 0 Å². The SMILES string of the molecule is COc1ccccc1-c1ccns1. The maximum atomic E-state index is 5.25. The van der Waals surface area contributed by atoms with E-state index in [1.54, 1.807) is 13.3 Å². The summed E-state index contributed by atoms with van der Waals surface area (Å²) in [5.41, 5.74) is 1.10. The van der Waals surface area contributed by atoms with Crippen molar-refractivity contribution < 1.29 is 4.74 Å². The Morgan fingerprint density at radius 2 is 2.08 bits per heavy atom. The number of hydrogen-bond donors (Lipinski definition) is 0. The van der Waals surface area contributed by atoms with Crippen LogP contribution in [0, 0.1) is 0 Å². The molecule has 0 saturated carbocycles. The third-order valence-electron chi connectivity index (χ3n) is 1.81. The van der Waals surface area contributed by atoms with E-state index < -0.39 is 0 Å². The summed E-state index contributed by atoms with van der Waals surface area (Å²) in [6.07, 6.45) is 1.80. The zero-order valence-corrected chi connectivity index (χ0v) is 8.04. The number of para-hydroxylation sites is 1. The Bertz CT molecular complexity index is 384. The van der Waals surface area contributed by atoms with Crippen molar-refractivity contribution in [3.8, 4) is 16.2 Å². The predicted molar refractivity (Wildman–Crippen MR) is 54.1 cm³/mol. The Labute approximate surface area is 81.0 Å². The molecule has 3 heteroatoms. The highest BCUT2D eigenvalue weighted by molar-refractivity contribution is 7.09. The molecule has 0 aliphatic heterocycles. The largest absolute Gasteiger partial charge is 0.496 e. The molecule has 0 saturated heterocycles. The van der Waals surface area contributed by atoms with Gasteiger partial charge in [0.15, 0.2) is 0 Å². The molecule has 0 aliphatic rings. The summed E-state index contributed by atoms with van der Waals surface area (Å²) in [5.74, 6) is 0.895. The van der Waals surface area contributed by atoms with E-state index in [1.807, 2.05) is 30.3 Å². The molecule has 2 nitrogen and oxygen atoms in total. The minimum Gasteiger partial charge on any atom is -0.496 e. The molecule has 0 unspecified atom stereocenters. The highest BCUT2D eigenvalue weighted by atomic mass is 32.1. The van der Waals surface area contributed by atoms with E-state index in [-0.39, 0.29) is 0 Å². The fraction of sp³-hybridized carbons (Fsp3) is 0.100. The van der Waals surface area contributed by atoms with Gasteiger partial charge < -0.3 is 4.74 Å². The van der Waals surface area contributed by atoms with E-state index >= 15 is 0 Å². The molecule has 0 atom stereocenters. The number of methoxy groups -OCH3 is 1. The molecule has 1 heterocycles. The third kappa shape index (κ3) is 1.55. The Kier molecular flexibility index (Phi) is 2.27. The first-order valence-electron chi connectivity index (χ1n) is 3.96. The minimum atomic E-state index is 0.895. The van der Waals surface area contributed by atoms with E-state index in [0.29, 0.717) is 0 Å². The van der Waals surface area contributed by atoms with Gasteiger partial charge >= 0.3 is 0 Å². The van der Waals surface area contributed by atoms with Gasteiger partial charge in [-0.15, -0.1) is 0 Å². The summed E-state index contributed by atoms with van der Waals surface area (Å²) in [6.45, 7) is 0. The summed E-state index contributed by atoms with van der Waals surface area (Å²) >= 11 is 1.48. The molecule has 0 amide bonds. The molecule has 0 bridgehead atoms. The topological polar surface area (TPSA) is 22.1 Å². The fourth-order valence-electron chi connectivity index (χ4n) is 1.20. The number of hydrogen-bond acceptors (Lipinski definition) is 3. The molecule has 1 aromatic heterocycles. The van der Waals surface area contributed by atoms with E-state index in [2.05, 4.69) is 4.37 Å². The highest BCUT2D eigenvalue weighted by Crippen LogP contribution is 2.31. The van der Waals surface area contributed by atoms with Crippen LogP contribution in [0.5, 0.6) is 5.75 Å². The van der Waals surface area contributed by atoms with Gasteiger partial charge in [-0.1, -0.05) is 12.1 Å². The molecular weight excluding hydrogens is 182 g/mol. The van der Waals surface area contributed by atoms with Gasteiger partial charge in [-0.05, 0) is 29.7 Å². The third-order valence-corrected chi connectivity index (χ3v) is 2.59. The molecule has 0 fully saturated rings. The summed E-state index contributed by atoms with van der Waals surface area (Å²) in [4.78, 5) is 1.14. The quantitative estimate of drug-likeness (QED) is 0.728. The molecule has 1 aromatic carbocycles. The number of ether oxygens (including phenoxy) is 1. The van der Waals surface area contributed by atoms with Crippen LogP contribution in [0.15, 0.2) is 36.5 Å². The molecule has 0 radical (unpaired) electrons. The van der Waals surface area contributed by atoms with Gasteiger partial charge in [-0.25, -0.2) is 4.37 Å². The second-order valence-electron chi connectivity index (χ2n) is 2.58. The molecule has 0 spiro atoms. The minimum absolute atomic E-state index is 0.895. The van der Waals surface area contributed by atoms with Gasteiger partial charge in [0.2, 0.25) is 0 Å². The lowest BCUT2D eigenvalue weighted by Crippen LogP contribution is -1.84. The monoisotopic (exact) mass is 191 g/mol. The van der Waals surface area contributed by atoms with Crippen LogP contribution < -0.4 is 4.74 Å². The smallest absolute Gasteiger partial charge is 0.127 e. The molecule has 13 heavy (non-hydrogen) atoms. The molecule has 0 aliphatic carbocycles. The maximum Gasteiger partial charge on any atom is 0.127 e. The van der Waals surface area contributed by atoms with E-state index in [0.717, 1.165) is 16.2 Å². The van der Waals surface area contributed by atoms with Gasteiger partial charge in [-0.3, -0.25) is 0 Å². The first-order valence-corrected chi connectivity index (χ1v) is 4.73. The second-order valence-corrected chi connectivity index (χ2v) is 3.41. The number of rotatable bonds is 2. The van der Waals surface area contributed by atoms with Crippen LogP contribution in [-0.2, 0) is 0 Å². The van der Waals surface area contributed by atoms with Crippen LogP contribution in [0.3, 0.4) is 0 Å². The van der Waals surface area contributed by atoms with Crippen molar-refractivity contribution in [2.45, 2.75) is 0 Å². The van der Waals surface area contributed by atoms with Crippen molar-refractivity contribution in [3.05, 3.63) is 36.5 Å². The predicted octanol–water partition coefficient (Wildman–Crippen LogP) is 2.82. The van der Waals surface area contributed by atoms with Gasteiger partial charge in [0.05, 0.1) is 12.0 Å². The van der Waals surface area contributed by atoms with Gasteiger partial charge in [0.1, 0.15) is 5.75 Å². The Balaban J connectivity index is 2.51. The number of aromatic nitrogens is 1. The van der Waals surface area contributed by atoms with Crippen molar-refractivity contribution in [1.29, 1.82) is 0 Å². The Morgan fingerprint density at radius 1 is 1.23 bits per heavy atom. The summed E-state index contributed by atoms with van der Waals surface area (Å²) in [6, 6.07) is 9.94. The van der Waals surface area contributed by atoms with Gasteiger partial charge in [0, 0.05) is 11.8 Å². The first-order chi connectivity index (χ1) is 6.42. The molecule has 0 N–H and O–H groups in total. The molecule has 66 valence electrons. The first kappa shape index (κ1) is 8.26. The standard InChI is InChI=1S/C10H9NOS/c1-12-9-5-3-2-4-8(9)10-6-7-11-13-10/h2-7H,1H3. The Morgan fingerprint density at radius 3 is 2.77 bits per heavy atom. The zero-order valence-electron chi connectivity index (χ0n) is 7.23. The van der Waals surface area contributed by atoms with Crippen molar-refractivity contribution in [3.63, 3.8) is 0 Å². The lowest BCUT2D eigenvalue weighted by Gasteiger charge is -2.04. The molecule has 2 rings (SSSR count). The maximum absolute atomic E-state index is 5.25. The van der Waals surface area contributed by atoms with Gasteiger partial charge in [-0.2, -0.15) is 0 Å². The lowest BCUT2D eigenvalue weighted by atomic mass is 10.2. The zero-order chi connectivity index (χ0) is 9.10. The van der Waals surface area contributed by atoms with Crippen LogP contribution in [0.4, 0.5) is 0 Å². The summed E-state index contributed by atoms with van der Waals surface area (Å²) in [5, 5.41) is 0. The van der Waals surface area contributed by atoms with E-state index in [9.17, 15) is 0 Å². The molecular formula is C10H9NOS. The van der Waals surface area contributed by atoms with Crippen molar-refractivity contribution in [2.24, 2.45) is 0 Å². The van der Waals surface area contributed by atoms with Crippen LogP contribution in [0.2, 0.25) is 0 Å². The summed E-state index contributed by atoms with van der Waals surface area (Å²) < 4.78 is 9.31. The van der Waals surface area contributed by atoms with E-state index in [1.165, 1.54) is 11.5 Å². The van der Waals surface area contributed by atoms with Crippen LogP contribution in [0.1, 0.15) is 0 Å². The van der Waals surface area contributed by atoms with Crippen LogP contribution in [0.25, 0.3) is 10.4 Å². The average molecular weight is 191 g/mol. The number of nitrogens with zero attached hydrogens (tertiary/aromatic N) is 1. The lowest BCUT2D eigenvalue weighted by molar-refractivity contribution is 0.416. The fourth-order valence-corrected chi connectivity index (χ4v) is 1.83. The van der Waals surface area contributed by atoms with Crippen molar-refractivity contribution >= 4 is 11.5 Å². The molecule has 2 aromatic rings.